The Morgan fingerprint density at radius 1 is 1.21 bits per heavy atom. The molecule has 2 heterocycles. The van der Waals surface area contributed by atoms with Gasteiger partial charge in [-0.3, -0.25) is 0 Å². The van der Waals surface area contributed by atoms with E-state index in [1.807, 2.05) is 18.5 Å². The predicted molar refractivity (Wildman–Crippen MR) is 89.0 cm³/mol. The third-order valence-corrected chi connectivity index (χ3v) is 5.02. The number of anilines is 1. The fourth-order valence-corrected chi connectivity index (χ4v) is 3.98. The van der Waals surface area contributed by atoms with E-state index in [2.05, 4.69) is 62.9 Å². The average Bonchev–Trinajstić information content (AvgIpc) is 2.74. The molecule has 0 amide bonds. The van der Waals surface area contributed by atoms with Crippen molar-refractivity contribution in [1.82, 2.24) is 9.97 Å². The number of aromatic nitrogens is 2. The zero-order chi connectivity index (χ0) is 14.2. The van der Waals surface area contributed by atoms with Gasteiger partial charge in [0.1, 0.15) is 5.82 Å². The number of thiophene rings is 1. The monoisotopic (exact) mass is 403 g/mol. The Kier molecular flexibility index (Phi) is 4.32. The van der Waals surface area contributed by atoms with Crippen LogP contribution in [-0.4, -0.2) is 17.0 Å². The summed E-state index contributed by atoms with van der Waals surface area (Å²) < 4.78 is 1.99. The quantitative estimate of drug-likeness (QED) is 0.759. The van der Waals surface area contributed by atoms with E-state index in [1.165, 1.54) is 0 Å². The minimum atomic E-state index is -0.0450. The van der Waals surface area contributed by atoms with Gasteiger partial charge in [0.2, 0.25) is 0 Å². The second-order valence-electron chi connectivity index (χ2n) is 5.19. The smallest absolute Gasteiger partial charge is 0.171 e. The van der Waals surface area contributed by atoms with Gasteiger partial charge in [-0.25, -0.2) is 9.97 Å². The molecule has 19 heavy (non-hydrogen) atoms. The number of rotatable bonds is 2. The summed E-state index contributed by atoms with van der Waals surface area (Å²) in [6, 6.07) is 2.04. The van der Waals surface area contributed by atoms with Gasteiger partial charge in [0.25, 0.3) is 0 Å². The van der Waals surface area contributed by atoms with E-state index < -0.39 is 0 Å². The first-order valence-corrected chi connectivity index (χ1v) is 8.29. The number of halogens is 2. The van der Waals surface area contributed by atoms with E-state index in [4.69, 9.17) is 4.98 Å². The van der Waals surface area contributed by atoms with Crippen molar-refractivity contribution in [1.29, 1.82) is 0 Å². The topological polar surface area (TPSA) is 37.8 Å². The Balaban J connectivity index is 2.64. The van der Waals surface area contributed by atoms with Crippen LogP contribution >= 0.6 is 43.2 Å². The summed E-state index contributed by atoms with van der Waals surface area (Å²) in [5, 5.41) is 5.16. The van der Waals surface area contributed by atoms with Gasteiger partial charge in [0, 0.05) is 22.3 Å². The van der Waals surface area contributed by atoms with Crippen molar-refractivity contribution < 1.29 is 0 Å². The minimum absolute atomic E-state index is 0.0450. The summed E-state index contributed by atoms with van der Waals surface area (Å²) >= 11 is 8.70. The molecule has 2 aromatic heterocycles. The molecule has 0 unspecified atom stereocenters. The van der Waals surface area contributed by atoms with Crippen LogP contribution in [0.25, 0.3) is 10.7 Å². The van der Waals surface area contributed by atoms with Crippen LogP contribution in [0, 0.1) is 0 Å². The number of nitrogens with one attached hydrogen (secondary N) is 1. The van der Waals surface area contributed by atoms with E-state index in [1.54, 1.807) is 11.3 Å². The fourth-order valence-electron chi connectivity index (χ4n) is 1.65. The molecule has 0 atom stereocenters. The molecule has 1 N–H and O–H groups in total. The minimum Gasteiger partial charge on any atom is -0.372 e. The second kappa shape index (κ2) is 5.50. The standard InChI is InChI=1S/C13H15Br2N3S/c1-13(2,3)10-9(15)12(16-4)18-11(17-10)8-5-7(14)6-19-8/h5-6H,1-4H3,(H,16,17,18). The Bertz CT molecular complexity index is 602. The predicted octanol–water partition coefficient (Wildman–Crippen LogP) is 5.07. The Hall–Kier alpha value is -0.460. The van der Waals surface area contributed by atoms with Crippen LogP contribution in [-0.2, 0) is 5.41 Å². The molecule has 0 saturated carbocycles. The molecule has 0 bridgehead atoms. The average molecular weight is 405 g/mol. The number of nitrogens with zero attached hydrogens (tertiary/aromatic N) is 2. The van der Waals surface area contributed by atoms with Crippen molar-refractivity contribution >= 4 is 49.0 Å². The maximum absolute atomic E-state index is 4.73. The van der Waals surface area contributed by atoms with Crippen LogP contribution in [0.5, 0.6) is 0 Å². The van der Waals surface area contributed by atoms with Gasteiger partial charge >= 0.3 is 0 Å². The van der Waals surface area contributed by atoms with Crippen LogP contribution in [0.1, 0.15) is 26.5 Å². The van der Waals surface area contributed by atoms with Crippen LogP contribution in [0.3, 0.4) is 0 Å². The van der Waals surface area contributed by atoms with Crippen molar-refractivity contribution in [3.63, 3.8) is 0 Å². The van der Waals surface area contributed by atoms with Gasteiger partial charge in [-0.05, 0) is 37.9 Å². The number of hydrogen-bond donors (Lipinski definition) is 1. The van der Waals surface area contributed by atoms with Crippen LogP contribution in [0.2, 0.25) is 0 Å². The zero-order valence-corrected chi connectivity index (χ0v) is 15.2. The van der Waals surface area contributed by atoms with Crippen molar-refractivity contribution in [2.24, 2.45) is 0 Å². The van der Waals surface area contributed by atoms with Gasteiger partial charge in [-0.15, -0.1) is 11.3 Å². The van der Waals surface area contributed by atoms with Gasteiger partial charge in [-0.2, -0.15) is 0 Å². The molecule has 0 fully saturated rings. The van der Waals surface area contributed by atoms with Gasteiger partial charge in [0.15, 0.2) is 5.82 Å². The van der Waals surface area contributed by atoms with E-state index in [0.29, 0.717) is 0 Å². The molecular formula is C13H15Br2N3S. The first kappa shape index (κ1) is 14.9. The summed E-state index contributed by atoms with van der Waals surface area (Å²) in [6.07, 6.45) is 0. The highest BCUT2D eigenvalue weighted by Crippen LogP contribution is 2.36. The van der Waals surface area contributed by atoms with E-state index in [0.717, 1.165) is 31.2 Å². The Morgan fingerprint density at radius 3 is 2.37 bits per heavy atom. The second-order valence-corrected chi connectivity index (χ2v) is 7.81. The highest BCUT2D eigenvalue weighted by Gasteiger charge is 2.23. The van der Waals surface area contributed by atoms with Gasteiger partial charge in [-0.1, -0.05) is 20.8 Å². The highest BCUT2D eigenvalue weighted by atomic mass is 79.9. The summed E-state index contributed by atoms with van der Waals surface area (Å²) in [5.74, 6) is 1.58. The van der Waals surface area contributed by atoms with Crippen molar-refractivity contribution in [2.45, 2.75) is 26.2 Å². The SMILES string of the molecule is CNc1nc(-c2cc(Br)cs2)nc(C(C)(C)C)c1Br. The lowest BCUT2D eigenvalue weighted by atomic mass is 9.92. The molecule has 3 nitrogen and oxygen atoms in total. The molecule has 0 saturated heterocycles. The summed E-state index contributed by atoms with van der Waals surface area (Å²) in [7, 11) is 1.87. The molecule has 0 spiro atoms. The van der Waals surface area contributed by atoms with Crippen molar-refractivity contribution in [2.75, 3.05) is 12.4 Å². The van der Waals surface area contributed by atoms with Crippen molar-refractivity contribution in [3.05, 3.63) is 26.1 Å². The molecule has 0 aliphatic rings. The first-order chi connectivity index (χ1) is 8.82. The molecule has 0 aliphatic heterocycles. The van der Waals surface area contributed by atoms with Crippen LogP contribution in [0.15, 0.2) is 20.4 Å². The maximum Gasteiger partial charge on any atom is 0.171 e. The summed E-state index contributed by atoms with van der Waals surface area (Å²) in [5.41, 5.74) is 0.961. The number of hydrogen-bond acceptors (Lipinski definition) is 4. The molecule has 2 aromatic rings. The Labute approximate surface area is 134 Å². The Morgan fingerprint density at radius 2 is 1.89 bits per heavy atom. The van der Waals surface area contributed by atoms with Crippen LogP contribution in [0.4, 0.5) is 5.82 Å². The third kappa shape index (κ3) is 3.17. The van der Waals surface area contributed by atoms with E-state index in [9.17, 15) is 0 Å². The first-order valence-electron chi connectivity index (χ1n) is 5.83. The van der Waals surface area contributed by atoms with Crippen LogP contribution < -0.4 is 5.32 Å². The molecule has 0 radical (unpaired) electrons. The molecule has 102 valence electrons. The van der Waals surface area contributed by atoms with E-state index in [-0.39, 0.29) is 5.41 Å². The zero-order valence-electron chi connectivity index (χ0n) is 11.2. The fraction of sp³-hybridized carbons (Fsp3) is 0.385. The highest BCUT2D eigenvalue weighted by molar-refractivity contribution is 9.11. The summed E-state index contributed by atoms with van der Waals surface area (Å²) in [4.78, 5) is 10.4. The molecule has 6 heteroatoms. The molecule has 2 rings (SSSR count). The van der Waals surface area contributed by atoms with Gasteiger partial charge in [0.05, 0.1) is 15.0 Å². The molecule has 0 aliphatic carbocycles. The lowest BCUT2D eigenvalue weighted by Gasteiger charge is -2.21. The lowest BCUT2D eigenvalue weighted by molar-refractivity contribution is 0.564. The van der Waals surface area contributed by atoms with Crippen molar-refractivity contribution in [3.8, 4) is 10.7 Å². The largest absolute Gasteiger partial charge is 0.372 e. The normalized spacial score (nSPS) is 11.7. The maximum atomic E-state index is 4.73. The lowest BCUT2D eigenvalue weighted by Crippen LogP contribution is -2.16. The van der Waals surface area contributed by atoms with E-state index >= 15 is 0 Å². The molecular weight excluding hydrogens is 390 g/mol. The summed E-state index contributed by atoms with van der Waals surface area (Å²) in [6.45, 7) is 6.44. The van der Waals surface area contributed by atoms with Gasteiger partial charge < -0.3 is 5.32 Å². The molecule has 0 aromatic carbocycles. The third-order valence-electron chi connectivity index (χ3n) is 2.59.